The maximum Gasteiger partial charge on any atom is 0.267 e. The lowest BCUT2D eigenvalue weighted by atomic mass is 9.97. The Hall–Kier alpha value is -3.16. The van der Waals surface area contributed by atoms with Gasteiger partial charge in [-0.2, -0.15) is 0 Å². The molecule has 8 nitrogen and oxygen atoms in total. The molecule has 0 unspecified atom stereocenters. The van der Waals surface area contributed by atoms with E-state index in [0.717, 1.165) is 12.8 Å². The summed E-state index contributed by atoms with van der Waals surface area (Å²) in [6.07, 6.45) is 4.68. The van der Waals surface area contributed by atoms with Gasteiger partial charge in [-0.15, -0.1) is 0 Å². The first kappa shape index (κ1) is 18.6. The zero-order valence-corrected chi connectivity index (χ0v) is 15.1. The molecule has 3 heterocycles. The van der Waals surface area contributed by atoms with Gasteiger partial charge in [0, 0.05) is 38.6 Å². The molecule has 0 saturated carbocycles. The van der Waals surface area contributed by atoms with Crippen LogP contribution < -0.4 is 16.0 Å². The molecule has 142 valence electrons. The van der Waals surface area contributed by atoms with Crippen LogP contribution in [0.25, 0.3) is 0 Å². The van der Waals surface area contributed by atoms with Crippen molar-refractivity contribution < 1.29 is 14.3 Å². The van der Waals surface area contributed by atoms with Crippen LogP contribution in [0.15, 0.2) is 41.5 Å². The Morgan fingerprint density at radius 2 is 2.04 bits per heavy atom. The van der Waals surface area contributed by atoms with Crippen LogP contribution in [0.1, 0.15) is 33.7 Å². The van der Waals surface area contributed by atoms with Crippen LogP contribution in [0.4, 0.5) is 0 Å². The van der Waals surface area contributed by atoms with Crippen LogP contribution in [0.2, 0.25) is 0 Å². The fraction of sp³-hybridized carbons (Fsp3) is 0.368. The number of piperidine rings is 1. The Kier molecular flexibility index (Phi) is 5.54. The number of aryl methyl sites for hydroxylation is 1. The van der Waals surface area contributed by atoms with E-state index in [9.17, 15) is 14.4 Å². The van der Waals surface area contributed by atoms with Crippen molar-refractivity contribution in [3.05, 3.63) is 58.3 Å². The number of aromatic nitrogens is 2. The average molecular weight is 370 g/mol. The van der Waals surface area contributed by atoms with E-state index in [0.29, 0.717) is 25.4 Å². The van der Waals surface area contributed by atoms with Gasteiger partial charge in [-0.25, -0.2) is 0 Å². The Labute approximate surface area is 156 Å². The highest BCUT2D eigenvalue weighted by molar-refractivity contribution is 5.93. The monoisotopic (exact) mass is 370 g/mol. The average Bonchev–Trinajstić information content (AvgIpc) is 2.68. The number of likely N-dealkylation sites (tertiary alicyclic amines) is 1. The summed E-state index contributed by atoms with van der Waals surface area (Å²) >= 11 is 0. The molecule has 1 saturated heterocycles. The zero-order valence-electron chi connectivity index (χ0n) is 15.1. The van der Waals surface area contributed by atoms with E-state index < -0.39 is 5.91 Å². The van der Waals surface area contributed by atoms with Crippen LogP contribution in [0, 0.1) is 5.92 Å². The molecule has 1 aliphatic heterocycles. The van der Waals surface area contributed by atoms with E-state index in [1.54, 1.807) is 36.3 Å². The zero-order chi connectivity index (χ0) is 19.4. The highest BCUT2D eigenvalue weighted by Gasteiger charge is 2.25. The van der Waals surface area contributed by atoms with Crippen LogP contribution in [-0.4, -0.2) is 46.0 Å². The van der Waals surface area contributed by atoms with E-state index >= 15 is 0 Å². The molecule has 2 amide bonds. The molecule has 8 heteroatoms. The standard InChI is InChI=1S/C19H22N4O4/c1-22-8-2-3-15(18(22)25)19(26)23-9-5-13(6-10-23)12-27-14-4-7-21-16(11-14)17(20)24/h2-4,7-8,11,13H,5-6,9-10,12H2,1H3,(H2,20,24). The molecule has 0 aliphatic carbocycles. The van der Waals surface area contributed by atoms with E-state index in [1.165, 1.54) is 16.8 Å². The third-order valence-corrected chi connectivity index (χ3v) is 4.73. The van der Waals surface area contributed by atoms with Gasteiger partial charge < -0.3 is 19.9 Å². The van der Waals surface area contributed by atoms with Crippen molar-refractivity contribution >= 4 is 11.8 Å². The van der Waals surface area contributed by atoms with Gasteiger partial charge >= 0.3 is 0 Å². The lowest BCUT2D eigenvalue weighted by Crippen LogP contribution is -2.42. The molecule has 3 rings (SSSR count). The fourth-order valence-corrected chi connectivity index (χ4v) is 3.08. The fourth-order valence-electron chi connectivity index (χ4n) is 3.08. The first-order valence-electron chi connectivity index (χ1n) is 8.79. The van der Waals surface area contributed by atoms with Gasteiger partial charge in [-0.1, -0.05) is 0 Å². The van der Waals surface area contributed by atoms with Crippen molar-refractivity contribution in [3.63, 3.8) is 0 Å². The molecular formula is C19H22N4O4. The van der Waals surface area contributed by atoms with Crippen molar-refractivity contribution in [2.45, 2.75) is 12.8 Å². The summed E-state index contributed by atoms with van der Waals surface area (Å²) in [5.74, 6) is 0.0121. The van der Waals surface area contributed by atoms with Crippen LogP contribution in [0.5, 0.6) is 5.75 Å². The predicted octanol–water partition coefficient (Wildman–Crippen LogP) is 0.810. The summed E-state index contributed by atoms with van der Waals surface area (Å²) in [5.41, 5.74) is 5.30. The van der Waals surface area contributed by atoms with Crippen LogP contribution >= 0.6 is 0 Å². The van der Waals surface area contributed by atoms with Gasteiger partial charge in [0.2, 0.25) is 0 Å². The Bertz CT molecular complexity index is 901. The summed E-state index contributed by atoms with van der Waals surface area (Å²) in [4.78, 5) is 41.5. The maximum absolute atomic E-state index is 12.6. The first-order valence-corrected chi connectivity index (χ1v) is 8.79. The molecule has 1 fully saturated rings. The number of carbonyl (C=O) groups is 2. The van der Waals surface area contributed by atoms with Gasteiger partial charge in [0.25, 0.3) is 17.4 Å². The molecule has 0 radical (unpaired) electrons. The third kappa shape index (κ3) is 4.33. The molecule has 2 aromatic rings. The normalized spacial score (nSPS) is 14.8. The minimum absolute atomic E-state index is 0.164. The number of nitrogens with two attached hydrogens (primary N) is 1. The summed E-state index contributed by atoms with van der Waals surface area (Å²) in [6.45, 7) is 1.64. The number of rotatable bonds is 5. The van der Waals surface area contributed by atoms with Gasteiger partial charge in [0.1, 0.15) is 17.0 Å². The number of pyridine rings is 2. The molecular weight excluding hydrogens is 348 g/mol. The summed E-state index contributed by atoms with van der Waals surface area (Å²) in [7, 11) is 1.63. The Morgan fingerprint density at radius 3 is 2.74 bits per heavy atom. The van der Waals surface area contributed by atoms with Gasteiger partial charge in [0.15, 0.2) is 0 Å². The molecule has 27 heavy (non-hydrogen) atoms. The lowest BCUT2D eigenvalue weighted by Gasteiger charge is -2.31. The van der Waals surface area contributed by atoms with Crippen molar-refractivity contribution in [3.8, 4) is 5.75 Å². The van der Waals surface area contributed by atoms with E-state index in [-0.39, 0.29) is 28.6 Å². The summed E-state index contributed by atoms with van der Waals surface area (Å²) < 4.78 is 7.15. The van der Waals surface area contributed by atoms with Crippen LogP contribution in [-0.2, 0) is 7.05 Å². The first-order chi connectivity index (χ1) is 13.0. The number of nitrogens with zero attached hydrogens (tertiary/aromatic N) is 3. The van der Waals surface area contributed by atoms with E-state index in [4.69, 9.17) is 10.5 Å². The van der Waals surface area contributed by atoms with Crippen LogP contribution in [0.3, 0.4) is 0 Å². The van der Waals surface area contributed by atoms with Crippen molar-refractivity contribution in [1.82, 2.24) is 14.5 Å². The molecule has 0 bridgehead atoms. The smallest absolute Gasteiger partial charge is 0.267 e. The molecule has 0 atom stereocenters. The molecule has 2 N–H and O–H groups in total. The summed E-state index contributed by atoms with van der Waals surface area (Å²) in [5, 5.41) is 0. The van der Waals surface area contributed by atoms with Gasteiger partial charge in [0.05, 0.1) is 6.61 Å². The Balaban J connectivity index is 1.54. The number of carbonyl (C=O) groups excluding carboxylic acids is 2. The molecule has 2 aromatic heterocycles. The second kappa shape index (κ2) is 8.03. The number of ether oxygens (including phenoxy) is 1. The predicted molar refractivity (Wildman–Crippen MR) is 98.6 cm³/mol. The van der Waals surface area contributed by atoms with E-state index in [1.807, 2.05) is 0 Å². The highest BCUT2D eigenvalue weighted by atomic mass is 16.5. The third-order valence-electron chi connectivity index (χ3n) is 4.73. The summed E-state index contributed by atoms with van der Waals surface area (Å²) in [6, 6.07) is 6.46. The maximum atomic E-state index is 12.6. The number of hydrogen-bond donors (Lipinski definition) is 1. The van der Waals surface area contributed by atoms with E-state index in [2.05, 4.69) is 4.98 Å². The number of primary amides is 1. The highest BCUT2D eigenvalue weighted by Crippen LogP contribution is 2.20. The molecule has 0 aromatic carbocycles. The second-order valence-corrected chi connectivity index (χ2v) is 6.63. The van der Waals surface area contributed by atoms with Crippen molar-refractivity contribution in [2.75, 3.05) is 19.7 Å². The quantitative estimate of drug-likeness (QED) is 0.838. The van der Waals surface area contributed by atoms with Gasteiger partial charge in [-0.3, -0.25) is 19.4 Å². The molecule has 1 aliphatic rings. The second-order valence-electron chi connectivity index (χ2n) is 6.63. The van der Waals surface area contributed by atoms with Gasteiger partial charge in [-0.05, 0) is 37.0 Å². The number of hydrogen-bond acceptors (Lipinski definition) is 5. The van der Waals surface area contributed by atoms with Crippen molar-refractivity contribution in [1.29, 1.82) is 0 Å². The number of amides is 2. The largest absolute Gasteiger partial charge is 0.493 e. The Morgan fingerprint density at radius 1 is 1.30 bits per heavy atom. The lowest BCUT2D eigenvalue weighted by molar-refractivity contribution is 0.0658. The molecule has 0 spiro atoms. The minimum Gasteiger partial charge on any atom is -0.493 e. The topological polar surface area (TPSA) is 108 Å². The van der Waals surface area contributed by atoms with Crippen molar-refractivity contribution in [2.24, 2.45) is 18.7 Å². The minimum atomic E-state index is -0.598. The SMILES string of the molecule is Cn1cccc(C(=O)N2CCC(COc3ccnc(C(N)=O)c3)CC2)c1=O.